The third-order valence-corrected chi connectivity index (χ3v) is 10.6. The molecule has 0 saturated heterocycles. The lowest BCUT2D eigenvalue weighted by Crippen LogP contribution is -2.18. The van der Waals surface area contributed by atoms with Crippen molar-refractivity contribution in [3.63, 3.8) is 0 Å². The first-order chi connectivity index (χ1) is 26.2. The van der Waals surface area contributed by atoms with Gasteiger partial charge >= 0.3 is 5.69 Å². The zero-order chi connectivity index (χ0) is 38.9. The molecule has 0 unspecified atom stereocenters. The van der Waals surface area contributed by atoms with Gasteiger partial charge in [-0.15, -0.1) is 0 Å². The first-order valence-electron chi connectivity index (χ1n) is 16.7. The minimum absolute atomic E-state index is 0.176. The Morgan fingerprint density at radius 1 is 0.582 bits per heavy atom. The second-order valence-corrected chi connectivity index (χ2v) is 15.6. The molecule has 276 valence electrons. The molecule has 7 aromatic rings. The van der Waals surface area contributed by atoms with E-state index in [1.165, 1.54) is 12.1 Å². The molecule has 55 heavy (non-hydrogen) atoms. The number of benzene rings is 6. The summed E-state index contributed by atoms with van der Waals surface area (Å²) in [6, 6.07) is 30.2. The fourth-order valence-electron chi connectivity index (χ4n) is 6.18. The van der Waals surface area contributed by atoms with Crippen molar-refractivity contribution in [2.75, 3.05) is 0 Å². The van der Waals surface area contributed by atoms with Crippen molar-refractivity contribution in [2.45, 2.75) is 36.5 Å². The van der Waals surface area contributed by atoms with Crippen LogP contribution in [0.1, 0.15) is 33.9 Å². The molecule has 7 rings (SSSR count). The number of aryl methyl sites for hydroxylation is 2. The lowest BCUT2D eigenvalue weighted by Gasteiger charge is -2.08. The molecule has 1 aromatic heterocycles. The van der Waals surface area contributed by atoms with Gasteiger partial charge in [0.15, 0.2) is 0 Å². The summed E-state index contributed by atoms with van der Waals surface area (Å²) < 4.78 is 65.9. The maximum atomic E-state index is 12.5. The molecule has 1 heterocycles. The Labute approximate surface area is 314 Å². The molecule has 0 spiro atoms. The van der Waals surface area contributed by atoms with Gasteiger partial charge in [-0.05, 0) is 95.4 Å². The van der Waals surface area contributed by atoms with E-state index in [1.807, 2.05) is 44.2 Å². The van der Waals surface area contributed by atoms with Gasteiger partial charge in [0.2, 0.25) is 0 Å². The normalized spacial score (nSPS) is 12.4. The topological polar surface area (TPSA) is 217 Å². The molecular weight excluding hydrogens is 743 g/mol. The molecule has 0 atom stereocenters. The first kappa shape index (κ1) is 37.0. The van der Waals surface area contributed by atoms with Gasteiger partial charge in [0, 0.05) is 23.6 Å². The van der Waals surface area contributed by atoms with E-state index in [2.05, 4.69) is 35.4 Å². The highest BCUT2D eigenvalue weighted by atomic mass is 32.2. The average molecular weight is 774 g/mol. The summed E-state index contributed by atoms with van der Waals surface area (Å²) in [4.78, 5) is 23.6. The van der Waals surface area contributed by atoms with Crippen molar-refractivity contribution in [1.29, 1.82) is 0 Å². The Bertz CT molecular complexity index is 2800. The summed E-state index contributed by atoms with van der Waals surface area (Å²) in [5.74, 6) is 0.805. The minimum atomic E-state index is -4.37. The summed E-state index contributed by atoms with van der Waals surface area (Å²) >= 11 is 0. The fourth-order valence-corrected chi connectivity index (χ4v) is 7.60. The zero-order valence-corrected chi connectivity index (χ0v) is 30.9. The Balaban J connectivity index is 1.02. The van der Waals surface area contributed by atoms with E-state index < -0.39 is 25.9 Å². The van der Waals surface area contributed by atoms with Crippen LogP contribution in [0.5, 0.6) is 0 Å². The number of hydrogen-bond donors (Lipinski definition) is 3. The molecule has 0 aliphatic rings. The molecule has 0 amide bonds. The average Bonchev–Trinajstić information content (AvgIpc) is 3.12. The van der Waals surface area contributed by atoms with Crippen LogP contribution in [-0.2, 0) is 33.1 Å². The van der Waals surface area contributed by atoms with E-state index in [-0.39, 0.29) is 9.79 Å². The van der Waals surface area contributed by atoms with Crippen LogP contribution < -0.4 is 5.69 Å². The van der Waals surface area contributed by atoms with Gasteiger partial charge < -0.3 is 0 Å². The number of nitrogens with zero attached hydrogens (tertiary/aromatic N) is 6. The van der Waals surface area contributed by atoms with Gasteiger partial charge in [0.25, 0.3) is 20.2 Å². The van der Waals surface area contributed by atoms with Gasteiger partial charge in [-0.1, -0.05) is 60.7 Å². The maximum Gasteiger partial charge on any atom is 0.348 e. The number of nitrogens with one attached hydrogen (secondary N) is 1. The lowest BCUT2D eigenvalue weighted by molar-refractivity contribution is 0.482. The van der Waals surface area contributed by atoms with E-state index in [9.17, 15) is 30.7 Å². The second-order valence-electron chi connectivity index (χ2n) is 12.8. The summed E-state index contributed by atoms with van der Waals surface area (Å²) in [6.45, 7) is 3.77. The van der Waals surface area contributed by atoms with E-state index >= 15 is 0 Å². The van der Waals surface area contributed by atoms with Gasteiger partial charge in [-0.3, -0.25) is 14.1 Å². The number of rotatable bonds is 10. The molecule has 0 fully saturated rings. The van der Waals surface area contributed by atoms with Crippen molar-refractivity contribution in [2.24, 2.45) is 20.5 Å². The van der Waals surface area contributed by atoms with Crippen LogP contribution in [0, 0.1) is 13.8 Å². The second kappa shape index (κ2) is 14.8. The predicted octanol–water partition coefficient (Wildman–Crippen LogP) is 8.59. The van der Waals surface area contributed by atoms with Crippen molar-refractivity contribution in [3.8, 4) is 0 Å². The van der Waals surface area contributed by atoms with Crippen molar-refractivity contribution in [1.82, 2.24) is 15.0 Å². The number of azo groups is 2. The Kier molecular flexibility index (Phi) is 9.98. The molecule has 3 N–H and O–H groups in total. The van der Waals surface area contributed by atoms with Crippen LogP contribution in [0.4, 0.5) is 22.7 Å². The smallest absolute Gasteiger partial charge is 0.294 e. The lowest BCUT2D eigenvalue weighted by atomic mass is 10.1. The molecule has 6 aromatic carbocycles. The third-order valence-electron chi connectivity index (χ3n) is 8.75. The number of aromatic amines is 1. The summed E-state index contributed by atoms with van der Waals surface area (Å²) in [7, 11) is -8.75. The van der Waals surface area contributed by atoms with Crippen LogP contribution in [0.25, 0.3) is 21.5 Å². The number of fused-ring (bicyclic) bond motifs is 2. The highest BCUT2D eigenvalue weighted by Gasteiger charge is 2.15. The summed E-state index contributed by atoms with van der Waals surface area (Å²) in [5, 5.41) is 19.3. The molecule has 0 bridgehead atoms. The third kappa shape index (κ3) is 8.58. The molecule has 0 aliphatic heterocycles. The maximum absolute atomic E-state index is 12.5. The predicted molar refractivity (Wildman–Crippen MR) is 206 cm³/mol. The van der Waals surface area contributed by atoms with E-state index in [1.54, 1.807) is 66.7 Å². The minimum Gasteiger partial charge on any atom is -0.294 e. The van der Waals surface area contributed by atoms with E-state index in [0.29, 0.717) is 68.8 Å². The quantitative estimate of drug-likeness (QED) is 0.0894. The van der Waals surface area contributed by atoms with Crippen LogP contribution in [0.2, 0.25) is 0 Å². The Morgan fingerprint density at radius 3 is 1.55 bits per heavy atom. The summed E-state index contributed by atoms with van der Waals surface area (Å²) in [6.07, 6.45) is 0.647. The van der Waals surface area contributed by atoms with Crippen LogP contribution in [-0.4, -0.2) is 40.9 Å². The molecule has 14 nitrogen and oxygen atoms in total. The number of H-pyrrole nitrogens is 1. The highest BCUT2D eigenvalue weighted by Crippen LogP contribution is 2.31. The van der Waals surface area contributed by atoms with E-state index in [0.717, 1.165) is 22.3 Å². The van der Waals surface area contributed by atoms with Crippen LogP contribution >= 0.6 is 0 Å². The van der Waals surface area contributed by atoms with Gasteiger partial charge in [0.05, 0.1) is 22.7 Å². The van der Waals surface area contributed by atoms with Gasteiger partial charge in [0.1, 0.15) is 21.4 Å². The van der Waals surface area contributed by atoms with Crippen molar-refractivity contribution < 1.29 is 25.9 Å². The number of hydrogen-bond acceptors (Lipinski definition) is 11. The molecule has 0 radical (unpaired) electrons. The first-order valence-corrected chi connectivity index (χ1v) is 19.6. The SMILES string of the molecule is Cc1cc(Cc2nc(Cc3ccc(N=Nc4ccc5c(S(=O)(=O)O)cccc5c4)c(C)c3)[nH]c(=O)n2)ccc1N=Nc1ccc2c(S(=O)(=O)O)cccc2c1. The Morgan fingerprint density at radius 2 is 1.07 bits per heavy atom. The van der Waals surface area contributed by atoms with Gasteiger partial charge in [-0.25, -0.2) is 9.78 Å². The van der Waals surface area contributed by atoms with Crippen LogP contribution in [0.3, 0.4) is 0 Å². The van der Waals surface area contributed by atoms with Crippen LogP contribution in [0.15, 0.2) is 144 Å². The molecular formula is C39H31N7O7S2. The van der Waals surface area contributed by atoms with Crippen molar-refractivity contribution >= 4 is 64.5 Å². The largest absolute Gasteiger partial charge is 0.348 e. The monoisotopic (exact) mass is 773 g/mol. The van der Waals surface area contributed by atoms with E-state index in [4.69, 9.17) is 0 Å². The van der Waals surface area contributed by atoms with Crippen molar-refractivity contribution in [3.05, 3.63) is 154 Å². The number of aromatic nitrogens is 3. The van der Waals surface area contributed by atoms with Gasteiger partial charge in [-0.2, -0.15) is 42.3 Å². The highest BCUT2D eigenvalue weighted by molar-refractivity contribution is 7.86. The molecule has 0 aliphatic carbocycles. The summed E-state index contributed by atoms with van der Waals surface area (Å²) in [5.41, 5.74) is 5.17. The fraction of sp³-hybridized carbons (Fsp3) is 0.103. The zero-order valence-electron chi connectivity index (χ0n) is 29.2. The molecule has 0 saturated carbocycles. The molecule has 16 heteroatoms. The Hall–Kier alpha value is -6.33. The standard InChI is InChI=1S/C39H31N7O7S2/c1-23-17-25(9-15-33(23)45-43-29-11-13-31-27(21-29)5-3-7-35(31)54(48,49)50)19-37-40-38(42-39(47)41-37)20-26-10-16-34(24(2)18-26)46-44-30-12-14-32-28(22-30)6-4-8-36(32)55(51,52)53/h3-18,21-22H,19-20H2,1-2H3,(H,48,49,50)(H,51,52,53)(H,40,41,42,47).